The van der Waals surface area contributed by atoms with E-state index in [9.17, 15) is 9.59 Å². The Kier molecular flexibility index (Phi) is 2.77. The Morgan fingerprint density at radius 1 is 1.59 bits per heavy atom. The Labute approximate surface area is 102 Å². The van der Waals surface area contributed by atoms with Gasteiger partial charge in [0.1, 0.15) is 6.29 Å². The molecule has 0 radical (unpaired) electrons. The van der Waals surface area contributed by atoms with Crippen LogP contribution in [0.25, 0.3) is 0 Å². The lowest BCUT2D eigenvalue weighted by Gasteiger charge is -2.40. The van der Waals surface area contributed by atoms with Crippen LogP contribution in [0.4, 0.5) is 0 Å². The summed E-state index contributed by atoms with van der Waals surface area (Å²) in [7, 11) is 0. The third-order valence-electron chi connectivity index (χ3n) is 4.51. The van der Waals surface area contributed by atoms with Gasteiger partial charge in [0, 0.05) is 11.8 Å². The molecule has 17 heavy (non-hydrogen) atoms. The summed E-state index contributed by atoms with van der Waals surface area (Å²) >= 11 is 0. The van der Waals surface area contributed by atoms with Gasteiger partial charge < -0.3 is 9.53 Å². The van der Waals surface area contributed by atoms with Crippen LogP contribution in [0, 0.1) is 11.3 Å². The summed E-state index contributed by atoms with van der Waals surface area (Å²) in [5.74, 6) is 0.284. The fourth-order valence-corrected chi connectivity index (χ4v) is 3.33. The van der Waals surface area contributed by atoms with Gasteiger partial charge in [0.05, 0.1) is 6.10 Å². The van der Waals surface area contributed by atoms with Gasteiger partial charge in [-0.15, -0.1) is 0 Å². The molecule has 0 N–H and O–H groups in total. The molecule has 0 bridgehead atoms. The Hall–Kier alpha value is -0.960. The molecule has 3 heteroatoms. The first-order chi connectivity index (χ1) is 7.86. The maximum atomic E-state index is 12.5. The molecule has 0 aromatic heterocycles. The largest absolute Gasteiger partial charge is 0.358 e. The molecule has 4 atom stereocenters. The van der Waals surface area contributed by atoms with Gasteiger partial charge >= 0.3 is 0 Å². The van der Waals surface area contributed by atoms with E-state index >= 15 is 0 Å². The van der Waals surface area contributed by atoms with Crippen LogP contribution in [0.15, 0.2) is 12.2 Å². The molecule has 2 fully saturated rings. The van der Waals surface area contributed by atoms with E-state index in [1.54, 1.807) is 0 Å². The molecule has 0 aromatic rings. The van der Waals surface area contributed by atoms with Crippen LogP contribution in [0.2, 0.25) is 0 Å². The number of hydrogen-bond acceptors (Lipinski definition) is 3. The highest BCUT2D eigenvalue weighted by Gasteiger charge is 2.68. The molecular weight excluding hydrogens is 216 g/mol. The van der Waals surface area contributed by atoms with E-state index in [-0.39, 0.29) is 17.8 Å². The van der Waals surface area contributed by atoms with Crippen LogP contribution >= 0.6 is 0 Å². The van der Waals surface area contributed by atoms with E-state index in [0.29, 0.717) is 12.8 Å². The van der Waals surface area contributed by atoms with Crippen molar-refractivity contribution in [3.8, 4) is 0 Å². The van der Waals surface area contributed by atoms with Gasteiger partial charge in [0.25, 0.3) is 0 Å². The number of ketones is 1. The second-order valence-electron chi connectivity index (χ2n) is 5.80. The molecule has 0 aromatic carbocycles. The van der Waals surface area contributed by atoms with Gasteiger partial charge in [-0.05, 0) is 32.6 Å². The quantitative estimate of drug-likeness (QED) is 0.427. The zero-order valence-corrected chi connectivity index (χ0v) is 10.8. The number of epoxide rings is 1. The maximum absolute atomic E-state index is 12.5. The van der Waals surface area contributed by atoms with Crippen LogP contribution in [0.5, 0.6) is 0 Å². The molecule has 1 saturated heterocycles. The summed E-state index contributed by atoms with van der Waals surface area (Å²) in [5, 5.41) is 0. The third kappa shape index (κ3) is 1.68. The zero-order chi connectivity index (χ0) is 12.8. The number of fused-ring (bicyclic) bond motifs is 1. The molecule has 1 aliphatic heterocycles. The van der Waals surface area contributed by atoms with Crippen molar-refractivity contribution in [3.63, 3.8) is 0 Å². The van der Waals surface area contributed by atoms with Crippen LogP contribution in [-0.2, 0) is 14.3 Å². The Balaban J connectivity index is 2.31. The Morgan fingerprint density at radius 3 is 2.76 bits per heavy atom. The Bertz CT molecular complexity index is 387. The predicted octanol–water partition coefficient (Wildman–Crippen LogP) is 2.29. The highest BCUT2D eigenvalue weighted by atomic mass is 16.6. The van der Waals surface area contributed by atoms with Gasteiger partial charge in [0.2, 0.25) is 0 Å². The number of carbonyl (C=O) groups excluding carboxylic acids is 2. The van der Waals surface area contributed by atoms with Crippen molar-refractivity contribution in [2.24, 2.45) is 11.3 Å². The minimum Gasteiger partial charge on any atom is -0.358 e. The molecule has 1 saturated carbocycles. The van der Waals surface area contributed by atoms with Crippen LogP contribution in [0.3, 0.4) is 0 Å². The van der Waals surface area contributed by atoms with Crippen molar-refractivity contribution in [1.82, 2.24) is 0 Å². The smallest absolute Gasteiger partial charge is 0.173 e. The average Bonchev–Trinajstić information content (AvgIpc) is 2.93. The number of rotatable bonds is 4. The predicted molar refractivity (Wildman–Crippen MR) is 64.6 cm³/mol. The molecule has 2 rings (SSSR count). The second-order valence-corrected chi connectivity index (χ2v) is 5.80. The van der Waals surface area contributed by atoms with E-state index in [0.717, 1.165) is 18.3 Å². The third-order valence-corrected chi connectivity index (χ3v) is 4.51. The minimum atomic E-state index is -0.594. The first kappa shape index (κ1) is 12.5. The van der Waals surface area contributed by atoms with Gasteiger partial charge in [-0.2, -0.15) is 0 Å². The summed E-state index contributed by atoms with van der Waals surface area (Å²) in [6, 6.07) is 0. The monoisotopic (exact) mass is 236 g/mol. The number of ether oxygens (including phenoxy) is 1. The van der Waals surface area contributed by atoms with Gasteiger partial charge in [0.15, 0.2) is 11.4 Å². The fraction of sp³-hybridized carbons (Fsp3) is 0.714. The molecule has 1 heterocycles. The SMILES string of the molecule is C=C(C)[C@H]1C[C@@H]2O[C@]2(C)C(=O)[C@]1(C)CCC=O. The Morgan fingerprint density at radius 2 is 2.24 bits per heavy atom. The summed E-state index contributed by atoms with van der Waals surface area (Å²) in [6.45, 7) is 9.79. The van der Waals surface area contributed by atoms with Crippen molar-refractivity contribution in [2.75, 3.05) is 0 Å². The number of allylic oxidation sites excluding steroid dienone is 1. The van der Waals surface area contributed by atoms with Crippen molar-refractivity contribution in [3.05, 3.63) is 12.2 Å². The highest BCUT2D eigenvalue weighted by Crippen LogP contribution is 2.57. The number of Topliss-reactive ketones (excluding diaryl/α,β-unsaturated/α-hetero) is 1. The average molecular weight is 236 g/mol. The standard InChI is InChI=1S/C14H20O3/c1-9(2)10-8-11-14(4,17-11)12(16)13(10,3)6-5-7-15/h7,10-11H,1,5-6,8H2,2-4H3/t10-,11+,13-,14+/m1/s1. The van der Waals surface area contributed by atoms with Crippen molar-refractivity contribution in [1.29, 1.82) is 0 Å². The first-order valence-corrected chi connectivity index (χ1v) is 6.18. The minimum absolute atomic E-state index is 0.0565. The lowest BCUT2D eigenvalue weighted by Crippen LogP contribution is -2.48. The van der Waals surface area contributed by atoms with E-state index in [4.69, 9.17) is 4.74 Å². The molecule has 3 nitrogen and oxygen atoms in total. The summed E-state index contributed by atoms with van der Waals surface area (Å²) in [4.78, 5) is 23.1. The van der Waals surface area contributed by atoms with Crippen molar-refractivity contribution < 1.29 is 14.3 Å². The summed E-state index contributed by atoms with van der Waals surface area (Å²) in [5.41, 5.74) is -0.0674. The molecular formula is C14H20O3. The normalized spacial score (nSPS) is 44.1. The van der Waals surface area contributed by atoms with Crippen LogP contribution in [-0.4, -0.2) is 23.8 Å². The van der Waals surface area contributed by atoms with E-state index in [1.807, 2.05) is 20.8 Å². The number of aldehydes is 1. The van der Waals surface area contributed by atoms with Crippen LogP contribution < -0.4 is 0 Å². The topological polar surface area (TPSA) is 46.7 Å². The first-order valence-electron chi connectivity index (χ1n) is 6.18. The fourth-order valence-electron chi connectivity index (χ4n) is 3.33. The van der Waals surface area contributed by atoms with Gasteiger partial charge in [-0.25, -0.2) is 0 Å². The molecule has 0 unspecified atom stereocenters. The van der Waals surface area contributed by atoms with E-state index in [2.05, 4.69) is 6.58 Å². The number of carbonyl (C=O) groups is 2. The number of hydrogen-bond donors (Lipinski definition) is 0. The lowest BCUT2D eigenvalue weighted by molar-refractivity contribution is -0.137. The molecule has 0 amide bonds. The summed E-state index contributed by atoms with van der Waals surface area (Å²) < 4.78 is 5.55. The van der Waals surface area contributed by atoms with Crippen molar-refractivity contribution in [2.45, 2.75) is 51.7 Å². The second kappa shape index (κ2) is 3.77. The van der Waals surface area contributed by atoms with Crippen molar-refractivity contribution >= 4 is 12.1 Å². The summed E-state index contributed by atoms with van der Waals surface area (Å²) in [6.07, 6.45) is 2.81. The zero-order valence-electron chi connectivity index (χ0n) is 10.8. The van der Waals surface area contributed by atoms with Gasteiger partial charge in [-0.1, -0.05) is 19.1 Å². The highest BCUT2D eigenvalue weighted by molar-refractivity contribution is 5.96. The maximum Gasteiger partial charge on any atom is 0.173 e. The van der Waals surface area contributed by atoms with E-state index in [1.165, 1.54) is 0 Å². The van der Waals surface area contributed by atoms with E-state index < -0.39 is 11.0 Å². The lowest BCUT2D eigenvalue weighted by atomic mass is 9.59. The molecule has 0 spiro atoms. The molecule has 2 aliphatic rings. The van der Waals surface area contributed by atoms with Crippen LogP contribution in [0.1, 0.15) is 40.0 Å². The molecule has 1 aliphatic carbocycles. The van der Waals surface area contributed by atoms with Gasteiger partial charge in [-0.3, -0.25) is 4.79 Å². The molecule has 94 valence electrons.